The largest absolute Gasteiger partial charge is 0.508 e. The summed E-state index contributed by atoms with van der Waals surface area (Å²) < 4.78 is 0. The normalized spacial score (nSPS) is 12.2. The second-order valence-electron chi connectivity index (χ2n) is 3.50. The Labute approximate surface area is 89.3 Å². The van der Waals surface area contributed by atoms with Gasteiger partial charge in [0.25, 0.3) is 0 Å². The maximum Gasteiger partial charge on any atom is 0.241 e. The van der Waals surface area contributed by atoms with Gasteiger partial charge in [-0.15, -0.1) is 0 Å². The Balaban J connectivity index is 2.73. The van der Waals surface area contributed by atoms with Gasteiger partial charge in [-0.2, -0.15) is 0 Å². The number of hydrogen-bond acceptors (Lipinski definition) is 3. The number of likely N-dealkylation sites (N-methyl/N-ethyl adjacent to an activating group) is 1. The summed E-state index contributed by atoms with van der Waals surface area (Å²) in [6, 6.07) is 4.80. The first-order valence-electron chi connectivity index (χ1n) is 4.82. The maximum atomic E-state index is 11.5. The van der Waals surface area contributed by atoms with E-state index in [0.29, 0.717) is 5.69 Å². The minimum Gasteiger partial charge on any atom is -0.508 e. The van der Waals surface area contributed by atoms with E-state index in [1.807, 2.05) is 0 Å². The van der Waals surface area contributed by atoms with Crippen LogP contribution in [-0.4, -0.2) is 24.1 Å². The number of carbonyl (C=O) groups excluding carboxylic acids is 1. The van der Waals surface area contributed by atoms with Crippen LogP contribution in [0.2, 0.25) is 0 Å². The van der Waals surface area contributed by atoms with Gasteiger partial charge in [0, 0.05) is 11.8 Å². The molecule has 0 aliphatic rings. The lowest BCUT2D eigenvalue weighted by Gasteiger charge is -2.11. The molecule has 1 aromatic carbocycles. The Hall–Kier alpha value is -1.55. The fourth-order valence-electron chi connectivity index (χ4n) is 1.07. The number of benzene rings is 1. The molecule has 0 spiro atoms. The number of carbonyl (C=O) groups is 1. The second kappa shape index (κ2) is 4.79. The van der Waals surface area contributed by atoms with Crippen molar-refractivity contribution < 1.29 is 9.90 Å². The summed E-state index contributed by atoms with van der Waals surface area (Å²) in [5, 5.41) is 15.0. The van der Waals surface area contributed by atoms with Crippen LogP contribution in [0.25, 0.3) is 0 Å². The van der Waals surface area contributed by atoms with Crippen molar-refractivity contribution in [2.24, 2.45) is 0 Å². The van der Waals surface area contributed by atoms with Gasteiger partial charge in [-0.3, -0.25) is 4.79 Å². The molecule has 0 fully saturated rings. The molecule has 0 aliphatic heterocycles. The first kappa shape index (κ1) is 11.5. The molecule has 15 heavy (non-hydrogen) atoms. The summed E-state index contributed by atoms with van der Waals surface area (Å²) >= 11 is 0. The molecule has 0 saturated carbocycles. The van der Waals surface area contributed by atoms with Gasteiger partial charge in [0.05, 0.1) is 6.04 Å². The molecular formula is C11H16N2O2. The van der Waals surface area contributed by atoms with Crippen LogP contribution in [0.5, 0.6) is 5.75 Å². The van der Waals surface area contributed by atoms with Crippen molar-refractivity contribution in [2.75, 3.05) is 12.4 Å². The summed E-state index contributed by atoms with van der Waals surface area (Å²) in [6.07, 6.45) is 0. The summed E-state index contributed by atoms with van der Waals surface area (Å²) in [4.78, 5) is 11.5. The average Bonchev–Trinajstić information content (AvgIpc) is 2.22. The van der Waals surface area contributed by atoms with Gasteiger partial charge in [0.2, 0.25) is 5.91 Å². The summed E-state index contributed by atoms with van der Waals surface area (Å²) in [5.41, 5.74) is 1.39. The van der Waals surface area contributed by atoms with Gasteiger partial charge in [-0.25, -0.2) is 0 Å². The van der Waals surface area contributed by atoms with Crippen molar-refractivity contribution in [2.45, 2.75) is 19.9 Å². The molecular weight excluding hydrogens is 192 g/mol. The van der Waals surface area contributed by atoms with Gasteiger partial charge in [-0.1, -0.05) is 6.07 Å². The van der Waals surface area contributed by atoms with Crippen LogP contribution in [0.15, 0.2) is 18.2 Å². The predicted octanol–water partition coefficient (Wildman–Crippen LogP) is 1.25. The molecule has 0 heterocycles. The van der Waals surface area contributed by atoms with E-state index >= 15 is 0 Å². The highest BCUT2D eigenvalue weighted by atomic mass is 16.3. The Morgan fingerprint density at radius 3 is 2.67 bits per heavy atom. The van der Waals surface area contributed by atoms with E-state index < -0.39 is 0 Å². The number of phenolic OH excluding ortho intramolecular Hbond substituents is 1. The zero-order chi connectivity index (χ0) is 11.4. The number of nitrogens with one attached hydrogen (secondary N) is 2. The van der Waals surface area contributed by atoms with Crippen molar-refractivity contribution >= 4 is 11.6 Å². The topological polar surface area (TPSA) is 61.4 Å². The summed E-state index contributed by atoms with van der Waals surface area (Å²) in [7, 11) is 1.72. The van der Waals surface area contributed by atoms with Crippen molar-refractivity contribution in [3.05, 3.63) is 23.8 Å². The minimum atomic E-state index is -0.256. The van der Waals surface area contributed by atoms with Gasteiger partial charge >= 0.3 is 0 Å². The molecule has 0 aliphatic carbocycles. The fraction of sp³-hybridized carbons (Fsp3) is 0.364. The lowest BCUT2D eigenvalue weighted by molar-refractivity contribution is -0.117. The highest BCUT2D eigenvalue weighted by Crippen LogP contribution is 2.20. The van der Waals surface area contributed by atoms with Crippen LogP contribution in [0.4, 0.5) is 5.69 Å². The van der Waals surface area contributed by atoms with Crippen LogP contribution >= 0.6 is 0 Å². The highest BCUT2D eigenvalue weighted by molar-refractivity contribution is 5.94. The Kier molecular flexibility index (Phi) is 3.68. The molecule has 82 valence electrons. The number of hydrogen-bond donors (Lipinski definition) is 3. The molecule has 1 unspecified atom stereocenters. The second-order valence-corrected chi connectivity index (χ2v) is 3.50. The zero-order valence-corrected chi connectivity index (χ0v) is 9.16. The van der Waals surface area contributed by atoms with Gasteiger partial charge in [0.1, 0.15) is 5.75 Å². The van der Waals surface area contributed by atoms with Crippen molar-refractivity contribution in [3.63, 3.8) is 0 Å². The lowest BCUT2D eigenvalue weighted by atomic mass is 10.2. The highest BCUT2D eigenvalue weighted by Gasteiger charge is 2.10. The number of anilines is 1. The van der Waals surface area contributed by atoms with Crippen molar-refractivity contribution in [1.82, 2.24) is 5.32 Å². The zero-order valence-electron chi connectivity index (χ0n) is 9.16. The third-order valence-electron chi connectivity index (χ3n) is 2.30. The van der Waals surface area contributed by atoms with E-state index in [4.69, 9.17) is 0 Å². The fourth-order valence-corrected chi connectivity index (χ4v) is 1.07. The summed E-state index contributed by atoms with van der Waals surface area (Å²) in [5.74, 6) is 0.0608. The monoisotopic (exact) mass is 208 g/mol. The van der Waals surface area contributed by atoms with E-state index in [9.17, 15) is 9.90 Å². The summed E-state index contributed by atoms with van der Waals surface area (Å²) in [6.45, 7) is 3.57. The number of amides is 1. The van der Waals surface area contributed by atoms with E-state index in [1.165, 1.54) is 6.07 Å². The maximum absolute atomic E-state index is 11.5. The van der Waals surface area contributed by atoms with Crippen LogP contribution in [0.3, 0.4) is 0 Å². The van der Waals surface area contributed by atoms with Gasteiger partial charge < -0.3 is 15.7 Å². The Morgan fingerprint density at radius 2 is 2.13 bits per heavy atom. The minimum absolute atomic E-state index is 0.124. The van der Waals surface area contributed by atoms with Crippen LogP contribution < -0.4 is 10.6 Å². The average molecular weight is 208 g/mol. The van der Waals surface area contributed by atoms with E-state index in [2.05, 4.69) is 10.6 Å². The Bertz CT molecular complexity index is 364. The van der Waals surface area contributed by atoms with E-state index in [0.717, 1.165) is 5.56 Å². The number of aromatic hydroxyl groups is 1. The number of phenols is 1. The molecule has 1 aromatic rings. The van der Waals surface area contributed by atoms with Crippen LogP contribution in [0.1, 0.15) is 12.5 Å². The molecule has 1 amide bonds. The van der Waals surface area contributed by atoms with Gasteiger partial charge in [-0.05, 0) is 32.5 Å². The molecule has 3 N–H and O–H groups in total. The third-order valence-corrected chi connectivity index (χ3v) is 2.30. The van der Waals surface area contributed by atoms with Crippen molar-refractivity contribution in [1.29, 1.82) is 0 Å². The van der Waals surface area contributed by atoms with Crippen LogP contribution in [-0.2, 0) is 4.79 Å². The van der Waals surface area contributed by atoms with Crippen LogP contribution in [0, 0.1) is 6.92 Å². The Morgan fingerprint density at radius 1 is 1.47 bits per heavy atom. The quantitative estimate of drug-likeness (QED) is 0.700. The molecule has 4 heteroatoms. The molecule has 1 rings (SSSR count). The first-order valence-corrected chi connectivity index (χ1v) is 4.82. The lowest BCUT2D eigenvalue weighted by Crippen LogP contribution is -2.35. The molecule has 0 saturated heterocycles. The SMILES string of the molecule is CNC(C)C(=O)Nc1ccc(C)c(O)c1. The van der Waals surface area contributed by atoms with E-state index in [-0.39, 0.29) is 17.7 Å². The third kappa shape index (κ3) is 2.95. The molecule has 0 radical (unpaired) electrons. The molecule has 0 bridgehead atoms. The molecule has 4 nitrogen and oxygen atoms in total. The number of rotatable bonds is 3. The molecule has 0 aromatic heterocycles. The van der Waals surface area contributed by atoms with Crippen molar-refractivity contribution in [3.8, 4) is 5.75 Å². The smallest absolute Gasteiger partial charge is 0.241 e. The van der Waals surface area contributed by atoms with E-state index in [1.54, 1.807) is 33.0 Å². The standard InChI is InChI=1S/C11H16N2O2/c1-7-4-5-9(6-10(7)14)13-11(15)8(2)12-3/h4-6,8,12,14H,1-3H3,(H,13,15). The molecule has 1 atom stereocenters. The number of aryl methyl sites for hydroxylation is 1. The predicted molar refractivity (Wildman–Crippen MR) is 60.0 cm³/mol. The first-order chi connectivity index (χ1) is 7.04. The van der Waals surface area contributed by atoms with Gasteiger partial charge in [0.15, 0.2) is 0 Å².